The maximum absolute atomic E-state index is 11.2. The molecule has 0 aliphatic heterocycles. The summed E-state index contributed by atoms with van der Waals surface area (Å²) in [5.74, 6) is -1.07. The Bertz CT molecular complexity index is 518. The predicted molar refractivity (Wildman–Crippen MR) is 53.4 cm³/mol. The molecule has 0 aliphatic carbocycles. The molecule has 1 rings (SSSR count). The lowest BCUT2D eigenvalue weighted by molar-refractivity contribution is -0.384. The van der Waals surface area contributed by atoms with Gasteiger partial charge in [0.05, 0.1) is 16.7 Å². The topological polar surface area (TPSA) is 104 Å². The van der Waals surface area contributed by atoms with E-state index >= 15 is 0 Å². The highest BCUT2D eigenvalue weighted by Crippen LogP contribution is 2.13. The van der Waals surface area contributed by atoms with Crippen molar-refractivity contribution < 1.29 is 22.3 Å². The first-order chi connectivity index (χ1) is 7.29. The Labute approximate surface area is 90.9 Å². The SMILES string of the molecule is CS(=O)(=O)OC(=O)c1ccc([N+](=O)[O-])cc1. The van der Waals surface area contributed by atoms with Crippen LogP contribution in [0.3, 0.4) is 0 Å². The molecule has 0 saturated heterocycles. The summed E-state index contributed by atoms with van der Waals surface area (Å²) in [6, 6.07) is 4.40. The average Bonchev–Trinajstić information content (AvgIpc) is 2.15. The average molecular weight is 245 g/mol. The molecule has 1 aromatic carbocycles. The molecule has 0 unspecified atom stereocenters. The van der Waals surface area contributed by atoms with E-state index in [-0.39, 0.29) is 11.3 Å². The molecule has 8 heteroatoms. The fourth-order valence-corrected chi connectivity index (χ4v) is 1.28. The summed E-state index contributed by atoms with van der Waals surface area (Å²) >= 11 is 0. The number of hydrogen-bond donors (Lipinski definition) is 0. The van der Waals surface area contributed by atoms with Gasteiger partial charge in [-0.25, -0.2) is 4.79 Å². The minimum absolute atomic E-state index is 0.0731. The minimum Gasteiger partial charge on any atom is -0.341 e. The molecule has 0 atom stereocenters. The molecule has 0 bridgehead atoms. The van der Waals surface area contributed by atoms with Crippen LogP contribution in [-0.2, 0) is 14.3 Å². The van der Waals surface area contributed by atoms with E-state index in [1.807, 2.05) is 0 Å². The van der Waals surface area contributed by atoms with Crippen molar-refractivity contribution in [3.63, 3.8) is 0 Å². The number of carbonyl (C=O) groups is 1. The summed E-state index contributed by atoms with van der Waals surface area (Å²) in [5, 5.41) is 10.3. The van der Waals surface area contributed by atoms with Gasteiger partial charge in [-0.15, -0.1) is 0 Å². The number of carbonyl (C=O) groups excluding carboxylic acids is 1. The van der Waals surface area contributed by atoms with Gasteiger partial charge >= 0.3 is 16.1 Å². The summed E-state index contributed by atoms with van der Waals surface area (Å²) in [6.07, 6.45) is 0.732. The molecule has 0 aromatic heterocycles. The zero-order valence-electron chi connectivity index (χ0n) is 8.11. The minimum atomic E-state index is -3.88. The molecule has 0 aliphatic rings. The molecule has 16 heavy (non-hydrogen) atoms. The number of benzene rings is 1. The number of hydrogen-bond acceptors (Lipinski definition) is 6. The molecule has 86 valence electrons. The highest BCUT2D eigenvalue weighted by molar-refractivity contribution is 7.86. The molecule has 0 spiro atoms. The van der Waals surface area contributed by atoms with E-state index in [2.05, 4.69) is 4.18 Å². The molecule has 0 radical (unpaired) electrons. The molecular formula is C8H7NO6S. The maximum atomic E-state index is 11.2. The van der Waals surface area contributed by atoms with E-state index in [1.54, 1.807) is 0 Å². The van der Waals surface area contributed by atoms with Gasteiger partial charge in [0.2, 0.25) is 0 Å². The van der Waals surface area contributed by atoms with Gasteiger partial charge in [0, 0.05) is 12.1 Å². The monoisotopic (exact) mass is 245 g/mol. The molecule has 0 fully saturated rings. The molecule has 0 saturated carbocycles. The van der Waals surface area contributed by atoms with E-state index in [0.29, 0.717) is 0 Å². The lowest BCUT2D eigenvalue weighted by Gasteiger charge is -2.00. The Morgan fingerprint density at radius 3 is 2.19 bits per heavy atom. The van der Waals surface area contributed by atoms with Gasteiger partial charge in [-0.3, -0.25) is 10.1 Å². The fourth-order valence-electron chi connectivity index (χ4n) is 0.905. The van der Waals surface area contributed by atoms with Crippen LogP contribution in [0.4, 0.5) is 5.69 Å². The van der Waals surface area contributed by atoms with Gasteiger partial charge in [0.25, 0.3) is 5.69 Å². The summed E-state index contributed by atoms with van der Waals surface area (Å²) < 4.78 is 25.4. The van der Waals surface area contributed by atoms with Gasteiger partial charge in [-0.1, -0.05) is 0 Å². The smallest absolute Gasteiger partial charge is 0.341 e. The second-order valence-electron chi connectivity index (χ2n) is 2.88. The molecule has 0 amide bonds. The Morgan fingerprint density at radius 1 is 1.31 bits per heavy atom. The third-order valence-corrected chi connectivity index (χ3v) is 2.00. The first-order valence-electron chi connectivity index (χ1n) is 3.98. The number of nitro groups is 1. The lowest BCUT2D eigenvalue weighted by atomic mass is 10.2. The number of non-ortho nitro benzene ring substituents is 1. The van der Waals surface area contributed by atoms with Gasteiger partial charge in [0.1, 0.15) is 0 Å². The molecule has 0 N–H and O–H groups in total. The molecule has 7 nitrogen and oxygen atoms in total. The normalized spacial score (nSPS) is 10.8. The van der Waals surface area contributed by atoms with Crippen molar-refractivity contribution in [3.05, 3.63) is 39.9 Å². The van der Waals surface area contributed by atoms with E-state index in [1.165, 1.54) is 0 Å². The quantitative estimate of drug-likeness (QED) is 0.441. The van der Waals surface area contributed by atoms with E-state index in [4.69, 9.17) is 0 Å². The Hall–Kier alpha value is -1.96. The largest absolute Gasteiger partial charge is 0.353 e. The van der Waals surface area contributed by atoms with Crippen LogP contribution >= 0.6 is 0 Å². The van der Waals surface area contributed by atoms with E-state index < -0.39 is 21.0 Å². The third kappa shape index (κ3) is 3.31. The van der Waals surface area contributed by atoms with Crippen LogP contribution in [-0.4, -0.2) is 25.6 Å². The standard InChI is InChI=1S/C8H7NO6S/c1-16(13,14)15-8(10)6-2-4-7(5-3-6)9(11)12/h2-5H,1H3. The van der Waals surface area contributed by atoms with Crippen LogP contribution in [0.1, 0.15) is 10.4 Å². The fraction of sp³-hybridized carbons (Fsp3) is 0.125. The van der Waals surface area contributed by atoms with Crippen molar-refractivity contribution in [2.45, 2.75) is 0 Å². The Balaban J connectivity index is 2.90. The van der Waals surface area contributed by atoms with Crippen LogP contribution in [0.2, 0.25) is 0 Å². The van der Waals surface area contributed by atoms with E-state index in [9.17, 15) is 23.3 Å². The highest BCUT2D eigenvalue weighted by Gasteiger charge is 2.14. The second kappa shape index (κ2) is 4.27. The van der Waals surface area contributed by atoms with Crippen LogP contribution in [0, 0.1) is 10.1 Å². The molecule has 1 aromatic rings. The van der Waals surface area contributed by atoms with Crippen LogP contribution in [0.25, 0.3) is 0 Å². The second-order valence-corrected chi connectivity index (χ2v) is 4.45. The lowest BCUT2D eigenvalue weighted by Crippen LogP contribution is -2.11. The van der Waals surface area contributed by atoms with Crippen molar-refractivity contribution in [2.24, 2.45) is 0 Å². The third-order valence-electron chi connectivity index (χ3n) is 1.54. The van der Waals surface area contributed by atoms with Crippen LogP contribution < -0.4 is 0 Å². The number of nitro benzene ring substituents is 1. The number of nitrogens with zero attached hydrogens (tertiary/aromatic N) is 1. The molecule has 0 heterocycles. The Kier molecular flexibility index (Phi) is 3.23. The predicted octanol–water partition coefficient (Wildman–Crippen LogP) is 0.711. The van der Waals surface area contributed by atoms with Gasteiger partial charge in [-0.05, 0) is 12.1 Å². The van der Waals surface area contributed by atoms with Gasteiger partial charge in [-0.2, -0.15) is 8.42 Å². The van der Waals surface area contributed by atoms with Gasteiger partial charge < -0.3 is 4.18 Å². The summed E-state index contributed by atoms with van der Waals surface area (Å²) in [5.41, 5.74) is -0.271. The van der Waals surface area contributed by atoms with Crippen LogP contribution in [0.15, 0.2) is 24.3 Å². The zero-order chi connectivity index (χ0) is 12.3. The molecular weight excluding hydrogens is 238 g/mol. The van der Waals surface area contributed by atoms with E-state index in [0.717, 1.165) is 30.5 Å². The van der Waals surface area contributed by atoms with Crippen molar-refractivity contribution in [2.75, 3.05) is 6.26 Å². The maximum Gasteiger partial charge on any atom is 0.353 e. The summed E-state index contributed by atoms with van der Waals surface area (Å²) in [7, 11) is -3.88. The zero-order valence-corrected chi connectivity index (χ0v) is 8.93. The number of rotatable bonds is 3. The first kappa shape index (κ1) is 12.1. The van der Waals surface area contributed by atoms with Crippen molar-refractivity contribution in [1.29, 1.82) is 0 Å². The summed E-state index contributed by atoms with van der Waals surface area (Å²) in [4.78, 5) is 20.8. The Morgan fingerprint density at radius 2 is 1.81 bits per heavy atom. The van der Waals surface area contributed by atoms with Gasteiger partial charge in [0.15, 0.2) is 0 Å². The van der Waals surface area contributed by atoms with Crippen molar-refractivity contribution in [1.82, 2.24) is 0 Å². The summed E-state index contributed by atoms with van der Waals surface area (Å²) in [6.45, 7) is 0. The van der Waals surface area contributed by atoms with Crippen molar-refractivity contribution >= 4 is 21.8 Å². The highest BCUT2D eigenvalue weighted by atomic mass is 32.2. The van der Waals surface area contributed by atoms with Crippen LogP contribution in [0.5, 0.6) is 0 Å². The van der Waals surface area contributed by atoms with Crippen molar-refractivity contribution in [3.8, 4) is 0 Å². The first-order valence-corrected chi connectivity index (χ1v) is 5.79.